The van der Waals surface area contributed by atoms with Crippen molar-refractivity contribution >= 4 is 37.4 Å². The monoisotopic (exact) mass is 291 g/mol. The fourth-order valence-electron chi connectivity index (χ4n) is 0.683. The Labute approximate surface area is 104 Å². The van der Waals surface area contributed by atoms with Gasteiger partial charge in [0, 0.05) is 0 Å². The Bertz CT molecular complexity index is 321. The van der Waals surface area contributed by atoms with Crippen LogP contribution in [0.5, 0.6) is 0 Å². The van der Waals surface area contributed by atoms with Gasteiger partial charge in [0.2, 0.25) is 0 Å². The minimum Gasteiger partial charge on any atom is -0.293 e. The topological polar surface area (TPSA) is 40.9 Å². The zero-order chi connectivity index (χ0) is 12.2. The molecule has 0 atom stereocenters. The van der Waals surface area contributed by atoms with Crippen LogP contribution in [0.1, 0.15) is 27.7 Å². The maximum absolute atomic E-state index is 10.9. The molecule has 4 heteroatoms. The first-order chi connectivity index (χ1) is 6.66. The molecule has 0 amide bonds. The van der Waals surface area contributed by atoms with Gasteiger partial charge in [-0.2, -0.15) is 0 Å². The second-order valence-electron chi connectivity index (χ2n) is 4.27. The summed E-state index contributed by atoms with van der Waals surface area (Å²) in [6.07, 6.45) is 3.37. The molecule has 0 aromatic rings. The minimum atomic E-state index is -0.630. The van der Waals surface area contributed by atoms with Gasteiger partial charge in [-0.25, -0.2) is 0 Å². The lowest BCUT2D eigenvalue weighted by molar-refractivity contribution is -0.108. The summed E-state index contributed by atoms with van der Waals surface area (Å²) in [5.74, 6) is 0. The number of rotatable bonds is 3. The number of allylic oxidation sites excluding steroid dienone is 4. The van der Waals surface area contributed by atoms with Gasteiger partial charge in [-0.3, -0.25) is 10.2 Å². The first kappa shape index (κ1) is 14.6. The van der Waals surface area contributed by atoms with Crippen molar-refractivity contribution in [2.45, 2.75) is 27.7 Å². The van der Waals surface area contributed by atoms with Gasteiger partial charge in [-0.15, -0.1) is 0 Å². The molecule has 2 nitrogen and oxygen atoms in total. The van der Waals surface area contributed by atoms with E-state index in [1.54, 1.807) is 6.08 Å². The first-order valence-corrected chi connectivity index (χ1v) is 5.66. The largest absolute Gasteiger partial charge is 0.293 e. The van der Waals surface area contributed by atoms with Gasteiger partial charge in [-0.1, -0.05) is 32.4 Å². The van der Waals surface area contributed by atoms with Crippen LogP contribution in [0, 0.1) is 10.8 Å². The van der Waals surface area contributed by atoms with Crippen molar-refractivity contribution in [3.05, 3.63) is 23.3 Å². The van der Waals surface area contributed by atoms with Gasteiger partial charge in [0.25, 0.3) is 5.24 Å². The van der Waals surface area contributed by atoms with Crippen LogP contribution in [0.25, 0.3) is 0 Å². The summed E-state index contributed by atoms with van der Waals surface area (Å²) < 4.78 is 0.000425. The van der Waals surface area contributed by atoms with Gasteiger partial charge >= 0.3 is 0 Å². The van der Waals surface area contributed by atoms with E-state index in [4.69, 9.17) is 17.0 Å². The van der Waals surface area contributed by atoms with E-state index in [9.17, 15) is 4.79 Å². The maximum atomic E-state index is 10.9. The van der Waals surface area contributed by atoms with E-state index in [2.05, 4.69) is 36.7 Å². The van der Waals surface area contributed by atoms with Crippen LogP contribution in [0.4, 0.5) is 0 Å². The predicted octanol–water partition coefficient (Wildman–Crippen LogP) is 4.04. The molecule has 0 fully saturated rings. The average Bonchev–Trinajstić information content (AvgIpc) is 2.00. The van der Waals surface area contributed by atoms with Crippen LogP contribution in [0.15, 0.2) is 23.3 Å². The summed E-state index contributed by atoms with van der Waals surface area (Å²) >= 11 is 8.25. The van der Waals surface area contributed by atoms with Crippen LogP contribution < -0.4 is 0 Å². The third-order valence-corrected chi connectivity index (χ3v) is 2.76. The number of halogens is 2. The highest BCUT2D eigenvalue weighted by atomic mass is 79.9. The molecule has 84 valence electrons. The zero-order valence-electron chi connectivity index (χ0n) is 9.32. The molecule has 0 aromatic heterocycles. The molecule has 0 spiro atoms. The standard InChI is InChI=1S/C11H15BrClNO/c1-7(11(2,3)4)5-6-8(9(12)14)10(13)15/h5-6,14H,1-4H3/b7-5+,8-6+,14-9?. The molecule has 0 aliphatic heterocycles. The molecule has 0 heterocycles. The van der Waals surface area contributed by atoms with Crippen molar-refractivity contribution in [1.82, 2.24) is 0 Å². The van der Waals surface area contributed by atoms with Crippen molar-refractivity contribution in [3.63, 3.8) is 0 Å². The summed E-state index contributed by atoms with van der Waals surface area (Å²) in [4.78, 5) is 10.9. The SMILES string of the molecule is C/C(=C\C=C(/C(=N)Br)C(=O)Cl)C(C)(C)C. The summed E-state index contributed by atoms with van der Waals surface area (Å²) in [6.45, 7) is 8.21. The molecule has 0 aliphatic carbocycles. The van der Waals surface area contributed by atoms with Crippen LogP contribution in [-0.2, 0) is 4.79 Å². The van der Waals surface area contributed by atoms with Crippen LogP contribution in [0.3, 0.4) is 0 Å². The van der Waals surface area contributed by atoms with Gasteiger partial charge in [0.05, 0.1) is 5.57 Å². The third-order valence-electron chi connectivity index (χ3n) is 2.13. The van der Waals surface area contributed by atoms with E-state index in [-0.39, 0.29) is 15.6 Å². The van der Waals surface area contributed by atoms with Crippen molar-refractivity contribution < 1.29 is 4.79 Å². The van der Waals surface area contributed by atoms with Crippen molar-refractivity contribution in [2.24, 2.45) is 5.41 Å². The summed E-state index contributed by atoms with van der Waals surface area (Å²) in [6, 6.07) is 0. The lowest BCUT2D eigenvalue weighted by Gasteiger charge is -2.18. The lowest BCUT2D eigenvalue weighted by atomic mass is 9.87. The van der Waals surface area contributed by atoms with Crippen molar-refractivity contribution in [1.29, 1.82) is 5.41 Å². The van der Waals surface area contributed by atoms with E-state index in [1.165, 1.54) is 0 Å². The van der Waals surface area contributed by atoms with E-state index in [1.807, 2.05) is 13.0 Å². The second-order valence-corrected chi connectivity index (χ2v) is 5.40. The van der Waals surface area contributed by atoms with Crippen molar-refractivity contribution in [3.8, 4) is 0 Å². The summed E-state index contributed by atoms with van der Waals surface area (Å²) in [5.41, 5.74) is 1.33. The molecule has 1 N–H and O–H groups in total. The smallest absolute Gasteiger partial charge is 0.255 e. The number of hydrogen-bond acceptors (Lipinski definition) is 2. The number of nitrogens with one attached hydrogen (secondary N) is 1. The molecule has 0 saturated heterocycles. The first-order valence-electron chi connectivity index (χ1n) is 4.49. The van der Waals surface area contributed by atoms with E-state index >= 15 is 0 Å². The predicted molar refractivity (Wildman–Crippen MR) is 68.8 cm³/mol. The second kappa shape index (κ2) is 5.61. The fourth-order valence-corrected chi connectivity index (χ4v) is 1.27. The molecular weight excluding hydrogens is 277 g/mol. The van der Waals surface area contributed by atoms with Gasteiger partial charge in [0.1, 0.15) is 4.62 Å². The summed E-state index contributed by atoms with van der Waals surface area (Å²) in [5, 5.41) is 6.67. The normalized spacial score (nSPS) is 14.0. The number of hydrogen-bond donors (Lipinski definition) is 1. The van der Waals surface area contributed by atoms with Gasteiger partial charge in [-0.05, 0) is 45.9 Å². The highest BCUT2D eigenvalue weighted by molar-refractivity contribution is 9.18. The Morgan fingerprint density at radius 2 is 1.80 bits per heavy atom. The van der Waals surface area contributed by atoms with Crippen molar-refractivity contribution in [2.75, 3.05) is 0 Å². The Hall–Kier alpha value is -0.410. The minimum absolute atomic E-state index is 0.000425. The van der Waals surface area contributed by atoms with Crippen LogP contribution in [-0.4, -0.2) is 9.86 Å². The molecule has 0 unspecified atom stereocenters. The van der Waals surface area contributed by atoms with Crippen LogP contribution >= 0.6 is 27.5 Å². The Kier molecular flexibility index (Phi) is 5.46. The number of carbonyl (C=O) groups is 1. The molecule has 0 aromatic carbocycles. The highest BCUT2D eigenvalue weighted by Gasteiger charge is 2.13. The highest BCUT2D eigenvalue weighted by Crippen LogP contribution is 2.24. The Morgan fingerprint density at radius 3 is 2.07 bits per heavy atom. The summed E-state index contributed by atoms with van der Waals surface area (Å²) in [7, 11) is 0. The Morgan fingerprint density at radius 1 is 1.33 bits per heavy atom. The van der Waals surface area contributed by atoms with Gasteiger partial charge in [0.15, 0.2) is 0 Å². The van der Waals surface area contributed by atoms with E-state index < -0.39 is 5.24 Å². The van der Waals surface area contributed by atoms with Crippen LogP contribution in [0.2, 0.25) is 0 Å². The zero-order valence-corrected chi connectivity index (χ0v) is 11.7. The molecule has 0 saturated carbocycles. The third kappa shape index (κ3) is 5.28. The quantitative estimate of drug-likeness (QED) is 0.363. The Balaban J connectivity index is 5.05. The maximum Gasteiger partial charge on any atom is 0.255 e. The fraction of sp³-hybridized carbons (Fsp3) is 0.455. The lowest BCUT2D eigenvalue weighted by Crippen LogP contribution is -2.06. The van der Waals surface area contributed by atoms with E-state index in [0.717, 1.165) is 5.57 Å². The molecule has 0 rings (SSSR count). The molecule has 0 bridgehead atoms. The molecule has 0 radical (unpaired) electrons. The molecule has 15 heavy (non-hydrogen) atoms. The van der Waals surface area contributed by atoms with Gasteiger partial charge < -0.3 is 0 Å². The molecular formula is C11H15BrClNO. The van der Waals surface area contributed by atoms with E-state index in [0.29, 0.717) is 0 Å². The number of carbonyl (C=O) groups excluding carboxylic acids is 1. The molecule has 0 aliphatic rings. The average molecular weight is 293 g/mol.